The summed E-state index contributed by atoms with van der Waals surface area (Å²) >= 11 is 11.9. The Hall–Kier alpha value is -1.59. The number of benzene rings is 1. The Morgan fingerprint density at radius 3 is 2.67 bits per heavy atom. The van der Waals surface area contributed by atoms with Gasteiger partial charge in [0.1, 0.15) is 0 Å². The Labute approximate surface area is 113 Å². The molecule has 0 atom stereocenters. The van der Waals surface area contributed by atoms with E-state index in [-0.39, 0.29) is 5.69 Å². The lowest BCUT2D eigenvalue weighted by atomic mass is 10.2. The standard InChI is InChI=1S/C11H9Cl2N3O2/c1-7-11(13)6-15(14-7)5-8-4-9(16(17)18)2-3-10(8)12/h2-4,6H,5H2,1H3. The number of hydrogen-bond acceptors (Lipinski definition) is 3. The van der Waals surface area contributed by atoms with Crippen molar-refractivity contribution in [1.29, 1.82) is 0 Å². The van der Waals surface area contributed by atoms with Gasteiger partial charge in [-0.2, -0.15) is 5.10 Å². The zero-order valence-electron chi connectivity index (χ0n) is 9.43. The Bertz CT molecular complexity index is 591. The normalized spacial score (nSPS) is 10.6. The molecule has 0 fully saturated rings. The molecule has 0 radical (unpaired) electrons. The van der Waals surface area contributed by atoms with Gasteiger partial charge in [0.15, 0.2) is 0 Å². The number of halogens is 2. The molecule has 2 aromatic rings. The second-order valence-electron chi connectivity index (χ2n) is 3.79. The van der Waals surface area contributed by atoms with E-state index in [1.807, 2.05) is 0 Å². The molecule has 1 aromatic heterocycles. The van der Waals surface area contributed by atoms with Crippen LogP contribution in [0.4, 0.5) is 5.69 Å². The number of non-ortho nitro benzene ring substituents is 1. The van der Waals surface area contributed by atoms with Crippen molar-refractivity contribution in [1.82, 2.24) is 9.78 Å². The summed E-state index contributed by atoms with van der Waals surface area (Å²) in [7, 11) is 0. The third kappa shape index (κ3) is 2.63. The Kier molecular flexibility index (Phi) is 3.54. The van der Waals surface area contributed by atoms with Crippen molar-refractivity contribution in [3.63, 3.8) is 0 Å². The average molecular weight is 286 g/mol. The highest BCUT2D eigenvalue weighted by Gasteiger charge is 2.11. The third-order valence-corrected chi connectivity index (χ3v) is 3.20. The molecule has 0 saturated carbocycles. The van der Waals surface area contributed by atoms with Gasteiger partial charge < -0.3 is 0 Å². The fourth-order valence-electron chi connectivity index (χ4n) is 1.54. The van der Waals surface area contributed by atoms with Crippen molar-refractivity contribution >= 4 is 28.9 Å². The van der Waals surface area contributed by atoms with Gasteiger partial charge >= 0.3 is 0 Å². The quantitative estimate of drug-likeness (QED) is 0.641. The van der Waals surface area contributed by atoms with Crippen molar-refractivity contribution in [3.05, 3.63) is 55.8 Å². The van der Waals surface area contributed by atoms with E-state index in [9.17, 15) is 10.1 Å². The van der Waals surface area contributed by atoms with Crippen molar-refractivity contribution in [2.75, 3.05) is 0 Å². The van der Waals surface area contributed by atoms with Crippen LogP contribution in [0.5, 0.6) is 0 Å². The number of nitro benzene ring substituents is 1. The predicted molar refractivity (Wildman–Crippen MR) is 69.2 cm³/mol. The summed E-state index contributed by atoms with van der Waals surface area (Å²) < 4.78 is 1.60. The summed E-state index contributed by atoms with van der Waals surface area (Å²) in [4.78, 5) is 10.2. The Morgan fingerprint density at radius 2 is 2.11 bits per heavy atom. The molecule has 7 heteroatoms. The number of aromatic nitrogens is 2. The second-order valence-corrected chi connectivity index (χ2v) is 4.61. The van der Waals surface area contributed by atoms with Gasteiger partial charge in [0, 0.05) is 23.4 Å². The molecule has 0 aliphatic rings. The summed E-state index contributed by atoms with van der Waals surface area (Å²) in [5.74, 6) is 0. The predicted octanol–water partition coefficient (Wildman–Crippen LogP) is 3.45. The molecule has 0 spiro atoms. The molecular weight excluding hydrogens is 277 g/mol. The summed E-state index contributed by atoms with van der Waals surface area (Å²) in [6.07, 6.45) is 1.66. The molecule has 94 valence electrons. The first-order valence-electron chi connectivity index (χ1n) is 5.10. The van der Waals surface area contributed by atoms with Crippen LogP contribution in [0.15, 0.2) is 24.4 Å². The molecule has 1 aromatic carbocycles. The lowest BCUT2D eigenvalue weighted by molar-refractivity contribution is -0.384. The van der Waals surface area contributed by atoms with Gasteiger partial charge in [0.25, 0.3) is 5.69 Å². The molecular formula is C11H9Cl2N3O2. The molecule has 0 aliphatic heterocycles. The summed E-state index contributed by atoms with van der Waals surface area (Å²) in [6.45, 7) is 2.13. The van der Waals surface area contributed by atoms with Crippen LogP contribution < -0.4 is 0 Å². The van der Waals surface area contributed by atoms with Gasteiger partial charge in [-0.3, -0.25) is 14.8 Å². The Balaban J connectivity index is 2.33. The summed E-state index contributed by atoms with van der Waals surface area (Å²) in [5.41, 5.74) is 1.34. The maximum absolute atomic E-state index is 10.7. The first kappa shape index (κ1) is 12.9. The van der Waals surface area contributed by atoms with Gasteiger partial charge in [-0.15, -0.1) is 0 Å². The highest BCUT2D eigenvalue weighted by molar-refractivity contribution is 6.31. The van der Waals surface area contributed by atoms with Crippen LogP contribution in [0.1, 0.15) is 11.3 Å². The number of hydrogen-bond donors (Lipinski definition) is 0. The second kappa shape index (κ2) is 4.96. The zero-order chi connectivity index (χ0) is 13.3. The van der Waals surface area contributed by atoms with E-state index < -0.39 is 4.92 Å². The highest BCUT2D eigenvalue weighted by Crippen LogP contribution is 2.23. The minimum Gasteiger partial charge on any atom is -0.266 e. The SMILES string of the molecule is Cc1nn(Cc2cc([N+](=O)[O-])ccc2Cl)cc1Cl. The first-order valence-corrected chi connectivity index (χ1v) is 5.85. The van der Waals surface area contributed by atoms with E-state index in [0.717, 1.165) is 0 Å². The maximum atomic E-state index is 10.7. The third-order valence-electron chi connectivity index (χ3n) is 2.46. The van der Waals surface area contributed by atoms with Crippen LogP contribution in [0, 0.1) is 17.0 Å². The van der Waals surface area contributed by atoms with E-state index in [1.54, 1.807) is 17.8 Å². The monoisotopic (exact) mass is 285 g/mol. The average Bonchev–Trinajstić information content (AvgIpc) is 2.61. The lowest BCUT2D eigenvalue weighted by Gasteiger charge is -2.04. The fourth-order valence-corrected chi connectivity index (χ4v) is 1.87. The zero-order valence-corrected chi connectivity index (χ0v) is 10.9. The van der Waals surface area contributed by atoms with Gasteiger partial charge in [0.05, 0.1) is 22.2 Å². The van der Waals surface area contributed by atoms with Crippen LogP contribution in [-0.4, -0.2) is 14.7 Å². The van der Waals surface area contributed by atoms with Crippen molar-refractivity contribution in [2.45, 2.75) is 13.5 Å². The molecule has 1 heterocycles. The minimum absolute atomic E-state index is 0.00405. The van der Waals surface area contributed by atoms with Gasteiger partial charge in [-0.25, -0.2) is 0 Å². The molecule has 0 amide bonds. The first-order chi connectivity index (χ1) is 8.47. The van der Waals surface area contributed by atoms with Crippen LogP contribution in [0.25, 0.3) is 0 Å². The van der Waals surface area contributed by atoms with Crippen LogP contribution in [-0.2, 0) is 6.54 Å². The number of aryl methyl sites for hydroxylation is 1. The van der Waals surface area contributed by atoms with Crippen LogP contribution in [0.2, 0.25) is 10.0 Å². The minimum atomic E-state index is -0.457. The van der Waals surface area contributed by atoms with E-state index in [1.165, 1.54) is 18.2 Å². The topological polar surface area (TPSA) is 61.0 Å². The number of rotatable bonds is 3. The number of nitrogens with zero attached hydrogens (tertiary/aromatic N) is 3. The largest absolute Gasteiger partial charge is 0.269 e. The van der Waals surface area contributed by atoms with E-state index in [4.69, 9.17) is 23.2 Å². The summed E-state index contributed by atoms with van der Waals surface area (Å²) in [5, 5.41) is 15.9. The molecule has 0 bridgehead atoms. The van der Waals surface area contributed by atoms with Gasteiger partial charge in [0.2, 0.25) is 0 Å². The lowest BCUT2D eigenvalue weighted by Crippen LogP contribution is -2.02. The van der Waals surface area contributed by atoms with Gasteiger partial charge in [-0.05, 0) is 18.6 Å². The fraction of sp³-hybridized carbons (Fsp3) is 0.182. The van der Waals surface area contributed by atoms with Crippen molar-refractivity contribution in [3.8, 4) is 0 Å². The van der Waals surface area contributed by atoms with Crippen LogP contribution in [0.3, 0.4) is 0 Å². The maximum Gasteiger partial charge on any atom is 0.269 e. The number of nitro groups is 1. The van der Waals surface area contributed by atoms with Gasteiger partial charge in [-0.1, -0.05) is 23.2 Å². The molecule has 5 nitrogen and oxygen atoms in total. The smallest absolute Gasteiger partial charge is 0.266 e. The van der Waals surface area contributed by atoms with Crippen LogP contribution >= 0.6 is 23.2 Å². The highest BCUT2D eigenvalue weighted by atomic mass is 35.5. The summed E-state index contributed by atoms with van der Waals surface area (Å²) in [6, 6.07) is 4.31. The van der Waals surface area contributed by atoms with E-state index >= 15 is 0 Å². The van der Waals surface area contributed by atoms with E-state index in [0.29, 0.717) is 27.8 Å². The molecule has 0 N–H and O–H groups in total. The Morgan fingerprint density at radius 1 is 1.39 bits per heavy atom. The van der Waals surface area contributed by atoms with E-state index in [2.05, 4.69) is 5.10 Å². The molecule has 2 rings (SSSR count). The molecule has 0 aliphatic carbocycles. The van der Waals surface area contributed by atoms with Crippen molar-refractivity contribution < 1.29 is 4.92 Å². The molecule has 0 unspecified atom stereocenters. The van der Waals surface area contributed by atoms with Crippen molar-refractivity contribution in [2.24, 2.45) is 0 Å². The molecule has 0 saturated heterocycles. The molecule has 18 heavy (non-hydrogen) atoms.